The van der Waals surface area contributed by atoms with E-state index in [-0.39, 0.29) is 42.5 Å². The van der Waals surface area contributed by atoms with Gasteiger partial charge in [-0.3, -0.25) is 23.7 Å². The number of rotatable bonds is 18. The molecule has 6 rings (SSSR count). The van der Waals surface area contributed by atoms with Crippen molar-refractivity contribution in [3.8, 4) is 0 Å². The Balaban J connectivity index is 1.08. The molecule has 3 aromatic heterocycles. The number of hydrogen-bond donors (Lipinski definition) is 9. The summed E-state index contributed by atoms with van der Waals surface area (Å²) in [5.74, 6) is -0.605. The number of carbonyl (C=O) groups is 2. The average Bonchev–Trinajstić information content (AvgIpc) is 3.73. The van der Waals surface area contributed by atoms with Crippen LogP contribution in [0.4, 0.5) is 22.1 Å². The minimum atomic E-state index is -5.68. The number of benzene rings is 2. The number of imidazole rings is 1. The van der Waals surface area contributed by atoms with Gasteiger partial charge in [0.05, 0.1) is 12.9 Å². The standard InChI is InChI=1S/C34H45N10O15P3S/c1-41(2)21-9-7-19-14-20-8-10-22(42(3)4)16-24(20)43(23(19)15-21)13-5-6-26(45)36-11-12-37-34(48)57-29-25(17-55-60(49,50)58-61(51,52)59-62(53,54)63)56-32(28(29)46)44-18-38-27-30(44)39-33(35)40-31(27)47/h7-10,14-16,18,25,28-29,32,46H,5-6,11-13,17H2,1-4H3,(H8-,35,36,37,39,40,45,47,48,49,50,51,52,53,54,63)/p+1/t25-,28-,29-,32-/m1/s1. The summed E-state index contributed by atoms with van der Waals surface area (Å²) in [6.45, 7) is -5.58. The summed E-state index contributed by atoms with van der Waals surface area (Å²) in [4.78, 5) is 90.6. The molecule has 1 saturated heterocycles. The van der Waals surface area contributed by atoms with E-state index in [9.17, 15) is 48.2 Å². The lowest BCUT2D eigenvalue weighted by molar-refractivity contribution is -0.645. The molecule has 0 spiro atoms. The van der Waals surface area contributed by atoms with Crippen molar-refractivity contribution in [2.45, 2.75) is 43.9 Å². The van der Waals surface area contributed by atoms with Crippen molar-refractivity contribution < 1.29 is 70.6 Å². The van der Waals surface area contributed by atoms with E-state index in [0.29, 0.717) is 13.0 Å². The molecule has 1 aliphatic rings. The third-order valence-corrected chi connectivity index (χ3v) is 14.0. The highest BCUT2D eigenvalue weighted by Gasteiger charge is 2.49. The summed E-state index contributed by atoms with van der Waals surface area (Å²) >= 11 is 4.08. The molecular formula is C34H46N10O15P3S+. The average molecular weight is 960 g/mol. The Morgan fingerprint density at radius 3 is 2.19 bits per heavy atom. The zero-order valence-corrected chi connectivity index (χ0v) is 37.5. The number of phosphoric acid groups is 2. The van der Waals surface area contributed by atoms with Crippen molar-refractivity contribution in [3.05, 3.63) is 59.1 Å². The molecule has 1 fully saturated rings. The van der Waals surface area contributed by atoms with Crippen LogP contribution in [0.15, 0.2) is 53.6 Å². The summed E-state index contributed by atoms with van der Waals surface area (Å²) in [6.07, 6.45) is -6.16. The number of aromatic amines is 1. The predicted octanol–water partition coefficient (Wildman–Crippen LogP) is 0.837. The van der Waals surface area contributed by atoms with Crippen LogP contribution >= 0.6 is 22.4 Å². The van der Waals surface area contributed by atoms with Gasteiger partial charge in [0.1, 0.15) is 18.8 Å². The molecule has 0 bridgehead atoms. The molecule has 2 amide bonds. The van der Waals surface area contributed by atoms with Crippen LogP contribution in [-0.4, -0.2) is 122 Å². The number of ether oxygens (including phenoxy) is 2. The molecule has 2 aromatic carbocycles. The molecule has 10 N–H and O–H groups in total. The molecule has 0 radical (unpaired) electrons. The van der Waals surface area contributed by atoms with Crippen LogP contribution in [0.2, 0.25) is 0 Å². The van der Waals surface area contributed by atoms with Gasteiger partial charge in [-0.2, -0.15) is 13.9 Å². The number of aliphatic hydroxyl groups excluding tert-OH is 1. The molecule has 6 atom stereocenters. The highest BCUT2D eigenvalue weighted by molar-refractivity contribution is 8.08. The fourth-order valence-corrected chi connectivity index (χ4v) is 10.5. The SMILES string of the molecule is CN(C)c1ccc2cc3ccc(N(C)C)cc3[n+](CCCC(=O)NCCNC(=O)O[C@H]3[C@@H](O)[C@H](n4cnc5c(=O)[nH]c(N)nc54)O[C@@H]3COP(=O)(O)OP(=O)(O)OP(O)(O)=S)c2c1. The fraction of sp³-hybridized carbons (Fsp3) is 0.412. The van der Waals surface area contributed by atoms with E-state index < -0.39 is 65.2 Å². The number of carbonyl (C=O) groups excluding carboxylic acids is 2. The Hall–Kier alpha value is -4.65. The quantitative estimate of drug-likeness (QED) is 0.0254. The fourth-order valence-electron chi connectivity index (χ4n) is 6.72. The van der Waals surface area contributed by atoms with Gasteiger partial charge in [0, 0.05) is 88.4 Å². The number of amides is 2. The summed E-state index contributed by atoms with van der Waals surface area (Å²) in [5, 5.41) is 18.6. The van der Waals surface area contributed by atoms with Gasteiger partial charge in [-0.05, 0) is 42.1 Å². The van der Waals surface area contributed by atoms with E-state index >= 15 is 0 Å². The van der Waals surface area contributed by atoms with Crippen LogP contribution in [0.1, 0.15) is 19.1 Å². The van der Waals surface area contributed by atoms with Gasteiger partial charge in [0.2, 0.25) is 22.9 Å². The maximum atomic E-state index is 13.0. The number of aliphatic hydroxyl groups is 1. The molecule has 29 heteroatoms. The van der Waals surface area contributed by atoms with Crippen molar-refractivity contribution in [2.24, 2.45) is 0 Å². The minimum Gasteiger partial charge on any atom is -0.440 e. The molecular weight excluding hydrogens is 913 g/mol. The van der Waals surface area contributed by atoms with Gasteiger partial charge in [0.25, 0.3) is 5.56 Å². The minimum absolute atomic E-state index is 0.0257. The van der Waals surface area contributed by atoms with Crippen LogP contribution in [-0.2, 0) is 54.9 Å². The maximum absolute atomic E-state index is 13.0. The molecule has 342 valence electrons. The number of nitrogens with two attached hydrogens (primary N) is 1. The van der Waals surface area contributed by atoms with Gasteiger partial charge in [0.15, 0.2) is 23.5 Å². The number of H-pyrrole nitrogens is 1. The summed E-state index contributed by atoms with van der Waals surface area (Å²) in [7, 11) is -3.42. The topological polar surface area (TPSA) is 340 Å². The number of fused-ring (bicyclic) bond motifs is 3. The lowest BCUT2D eigenvalue weighted by Gasteiger charge is -2.22. The second-order valence-electron chi connectivity index (χ2n) is 14.5. The number of aromatic nitrogens is 5. The van der Waals surface area contributed by atoms with Gasteiger partial charge < -0.3 is 60.3 Å². The van der Waals surface area contributed by atoms with E-state index in [1.807, 2.05) is 50.1 Å². The lowest BCUT2D eigenvalue weighted by atomic mass is 10.1. The normalized spacial score (nSPS) is 19.8. The highest BCUT2D eigenvalue weighted by Crippen LogP contribution is 2.66. The molecule has 0 aliphatic carbocycles. The molecule has 4 heterocycles. The van der Waals surface area contributed by atoms with Gasteiger partial charge >= 0.3 is 28.5 Å². The summed E-state index contributed by atoms with van der Waals surface area (Å²) in [5.41, 5.74) is 8.63. The number of phosphoric ester groups is 1. The number of nitrogens with zero attached hydrogens (tertiary/aromatic N) is 6. The van der Waals surface area contributed by atoms with Crippen molar-refractivity contribution >= 4 is 96.5 Å². The van der Waals surface area contributed by atoms with E-state index in [1.165, 1.54) is 0 Å². The van der Waals surface area contributed by atoms with Crippen molar-refractivity contribution in [3.63, 3.8) is 0 Å². The molecule has 25 nitrogen and oxygen atoms in total. The van der Waals surface area contributed by atoms with Crippen molar-refractivity contribution in [1.82, 2.24) is 30.2 Å². The number of nitrogen functional groups attached to an aromatic ring is 1. The van der Waals surface area contributed by atoms with E-state index in [4.69, 9.17) is 19.7 Å². The van der Waals surface area contributed by atoms with Crippen LogP contribution in [0, 0.1) is 0 Å². The summed E-state index contributed by atoms with van der Waals surface area (Å²) in [6, 6.07) is 14.6. The Labute approximate surface area is 362 Å². The van der Waals surface area contributed by atoms with Gasteiger partial charge in [-0.25, -0.2) is 23.2 Å². The largest absolute Gasteiger partial charge is 0.488 e. The first-order valence-electron chi connectivity index (χ1n) is 18.8. The Morgan fingerprint density at radius 1 is 0.968 bits per heavy atom. The zero-order chi connectivity index (χ0) is 46.0. The molecule has 5 aromatic rings. The van der Waals surface area contributed by atoms with Crippen molar-refractivity contribution in [1.29, 1.82) is 0 Å². The smallest absolute Gasteiger partial charge is 0.440 e. The first-order chi connectivity index (χ1) is 29.5. The number of aryl methyl sites for hydroxylation is 1. The molecule has 2 unspecified atom stereocenters. The van der Waals surface area contributed by atoms with Crippen LogP contribution < -0.4 is 36.3 Å². The zero-order valence-electron chi connectivity index (χ0n) is 34.0. The number of alkyl carbamates (subject to hydrolysis) is 1. The predicted molar refractivity (Wildman–Crippen MR) is 230 cm³/mol. The van der Waals surface area contributed by atoms with E-state index in [0.717, 1.165) is 44.1 Å². The van der Waals surface area contributed by atoms with Gasteiger partial charge in [-0.15, -0.1) is 0 Å². The number of pyridine rings is 1. The number of anilines is 3. The lowest BCUT2D eigenvalue weighted by Crippen LogP contribution is -2.42. The number of nitrogens with one attached hydrogen (secondary N) is 3. The van der Waals surface area contributed by atoms with Crippen LogP contribution in [0.3, 0.4) is 0 Å². The summed E-state index contributed by atoms with van der Waals surface area (Å²) < 4.78 is 51.7. The Bertz CT molecular complexity index is 2670. The molecule has 63 heavy (non-hydrogen) atoms. The second-order valence-corrected chi connectivity index (χ2v) is 20.4. The Morgan fingerprint density at radius 2 is 1.59 bits per heavy atom. The monoisotopic (exact) mass is 959 g/mol. The number of hydrogen-bond acceptors (Lipinski definition) is 17. The Kier molecular flexibility index (Phi) is 14.6. The third kappa shape index (κ3) is 11.9. The van der Waals surface area contributed by atoms with Crippen LogP contribution in [0.25, 0.3) is 33.0 Å². The molecule has 0 saturated carbocycles. The highest BCUT2D eigenvalue weighted by atomic mass is 32.5. The van der Waals surface area contributed by atoms with E-state index in [2.05, 4.69) is 80.9 Å². The molecule has 1 aliphatic heterocycles. The van der Waals surface area contributed by atoms with Gasteiger partial charge in [-0.1, -0.05) is 0 Å². The van der Waals surface area contributed by atoms with Crippen LogP contribution in [0.5, 0.6) is 0 Å². The first-order valence-corrected chi connectivity index (χ1v) is 24.4. The first kappa shape index (κ1) is 47.8. The van der Waals surface area contributed by atoms with Crippen molar-refractivity contribution in [2.75, 3.05) is 63.4 Å². The maximum Gasteiger partial charge on any atom is 0.488 e. The van der Waals surface area contributed by atoms with E-state index in [1.54, 1.807) is 0 Å². The second kappa shape index (κ2) is 19.2. The third-order valence-electron chi connectivity index (χ3n) is 9.55.